The Bertz CT molecular complexity index is 359. The van der Waals surface area contributed by atoms with E-state index in [9.17, 15) is 0 Å². The SMILES string of the molecule is CCC(c1ccc(Cl)cc1)N1CCC(CN)CC1.Cl. The summed E-state index contributed by atoms with van der Waals surface area (Å²) < 4.78 is 0. The molecule has 19 heavy (non-hydrogen) atoms. The Morgan fingerprint density at radius 1 is 1.26 bits per heavy atom. The molecule has 0 spiro atoms. The molecule has 1 fully saturated rings. The molecule has 0 aliphatic carbocycles. The molecule has 0 aromatic heterocycles. The molecule has 1 heterocycles. The molecule has 1 aliphatic heterocycles. The van der Waals surface area contributed by atoms with E-state index in [4.69, 9.17) is 17.3 Å². The Morgan fingerprint density at radius 3 is 2.32 bits per heavy atom. The molecule has 4 heteroatoms. The van der Waals surface area contributed by atoms with Gasteiger partial charge in [-0.05, 0) is 62.5 Å². The Hall–Kier alpha value is -0.280. The maximum absolute atomic E-state index is 5.96. The van der Waals surface area contributed by atoms with Crippen LogP contribution in [0.5, 0.6) is 0 Å². The van der Waals surface area contributed by atoms with Crippen LogP contribution < -0.4 is 5.73 Å². The van der Waals surface area contributed by atoms with Crippen LogP contribution >= 0.6 is 24.0 Å². The summed E-state index contributed by atoms with van der Waals surface area (Å²) in [5.74, 6) is 0.726. The summed E-state index contributed by atoms with van der Waals surface area (Å²) in [6.45, 7) is 5.44. The van der Waals surface area contributed by atoms with Crippen molar-refractivity contribution in [2.75, 3.05) is 19.6 Å². The van der Waals surface area contributed by atoms with Crippen molar-refractivity contribution < 1.29 is 0 Å². The molecule has 2 N–H and O–H groups in total. The van der Waals surface area contributed by atoms with Gasteiger partial charge in [-0.15, -0.1) is 12.4 Å². The maximum atomic E-state index is 5.96. The lowest BCUT2D eigenvalue weighted by atomic mass is 9.93. The van der Waals surface area contributed by atoms with Crippen molar-refractivity contribution in [3.8, 4) is 0 Å². The van der Waals surface area contributed by atoms with Crippen molar-refractivity contribution >= 4 is 24.0 Å². The molecule has 0 bridgehead atoms. The highest BCUT2D eigenvalue weighted by atomic mass is 35.5. The number of likely N-dealkylation sites (tertiary alicyclic amines) is 1. The maximum Gasteiger partial charge on any atom is 0.0406 e. The van der Waals surface area contributed by atoms with Crippen LogP contribution in [-0.4, -0.2) is 24.5 Å². The molecule has 2 nitrogen and oxygen atoms in total. The smallest absolute Gasteiger partial charge is 0.0406 e. The van der Waals surface area contributed by atoms with Crippen LogP contribution in [0, 0.1) is 5.92 Å². The van der Waals surface area contributed by atoms with E-state index >= 15 is 0 Å². The zero-order valence-electron chi connectivity index (χ0n) is 11.5. The van der Waals surface area contributed by atoms with E-state index in [0.29, 0.717) is 6.04 Å². The second kappa shape index (κ2) is 8.11. The van der Waals surface area contributed by atoms with Crippen LogP contribution in [-0.2, 0) is 0 Å². The number of nitrogens with zero attached hydrogens (tertiary/aromatic N) is 1. The van der Waals surface area contributed by atoms with Gasteiger partial charge in [0.05, 0.1) is 0 Å². The fourth-order valence-electron chi connectivity index (χ4n) is 2.89. The first-order chi connectivity index (χ1) is 8.74. The monoisotopic (exact) mass is 302 g/mol. The first kappa shape index (κ1) is 16.8. The van der Waals surface area contributed by atoms with Crippen LogP contribution in [0.4, 0.5) is 0 Å². The Balaban J connectivity index is 0.00000180. The third-order valence-corrected chi connectivity index (χ3v) is 4.32. The first-order valence-corrected chi connectivity index (χ1v) is 7.32. The number of hydrogen-bond donors (Lipinski definition) is 1. The topological polar surface area (TPSA) is 29.3 Å². The van der Waals surface area contributed by atoms with Crippen LogP contribution in [0.3, 0.4) is 0 Å². The third kappa shape index (κ3) is 4.35. The van der Waals surface area contributed by atoms with Crippen molar-refractivity contribution in [2.24, 2.45) is 11.7 Å². The van der Waals surface area contributed by atoms with Gasteiger partial charge in [0.25, 0.3) is 0 Å². The highest BCUT2D eigenvalue weighted by Gasteiger charge is 2.24. The molecule has 1 aromatic carbocycles. The minimum Gasteiger partial charge on any atom is -0.330 e. The van der Waals surface area contributed by atoms with Gasteiger partial charge < -0.3 is 5.73 Å². The van der Waals surface area contributed by atoms with Crippen molar-refractivity contribution in [1.29, 1.82) is 0 Å². The van der Waals surface area contributed by atoms with E-state index in [1.807, 2.05) is 12.1 Å². The minimum absolute atomic E-state index is 0. The van der Waals surface area contributed by atoms with Crippen LogP contribution in [0.15, 0.2) is 24.3 Å². The Kier molecular flexibility index (Phi) is 7.16. The highest BCUT2D eigenvalue weighted by molar-refractivity contribution is 6.30. The quantitative estimate of drug-likeness (QED) is 0.914. The predicted molar refractivity (Wildman–Crippen MR) is 85.1 cm³/mol. The zero-order valence-corrected chi connectivity index (χ0v) is 13.1. The first-order valence-electron chi connectivity index (χ1n) is 6.94. The lowest BCUT2D eigenvalue weighted by Gasteiger charge is -2.37. The van der Waals surface area contributed by atoms with Gasteiger partial charge in [0.15, 0.2) is 0 Å². The van der Waals surface area contributed by atoms with Crippen LogP contribution in [0.2, 0.25) is 5.02 Å². The van der Waals surface area contributed by atoms with Gasteiger partial charge in [0, 0.05) is 11.1 Å². The van der Waals surface area contributed by atoms with Crippen molar-refractivity contribution in [3.63, 3.8) is 0 Å². The predicted octanol–water partition coefficient (Wildman–Crippen LogP) is 3.88. The summed E-state index contributed by atoms with van der Waals surface area (Å²) in [7, 11) is 0. The molecule has 108 valence electrons. The number of rotatable bonds is 4. The van der Waals surface area contributed by atoms with E-state index in [1.165, 1.54) is 31.5 Å². The fourth-order valence-corrected chi connectivity index (χ4v) is 3.02. The summed E-state index contributed by atoms with van der Waals surface area (Å²) in [5.41, 5.74) is 7.13. The van der Waals surface area contributed by atoms with Gasteiger partial charge >= 0.3 is 0 Å². The van der Waals surface area contributed by atoms with E-state index < -0.39 is 0 Å². The number of piperidine rings is 1. The molecule has 1 unspecified atom stereocenters. The van der Waals surface area contributed by atoms with E-state index in [1.54, 1.807) is 0 Å². The largest absolute Gasteiger partial charge is 0.330 e. The Morgan fingerprint density at radius 2 is 1.84 bits per heavy atom. The molecule has 1 aromatic rings. The van der Waals surface area contributed by atoms with Crippen molar-refractivity contribution in [3.05, 3.63) is 34.9 Å². The Labute approximate surface area is 127 Å². The lowest BCUT2D eigenvalue weighted by Crippen LogP contribution is -2.38. The van der Waals surface area contributed by atoms with Gasteiger partial charge in [0.2, 0.25) is 0 Å². The van der Waals surface area contributed by atoms with Gasteiger partial charge in [0.1, 0.15) is 0 Å². The van der Waals surface area contributed by atoms with Gasteiger partial charge in [-0.2, -0.15) is 0 Å². The molecule has 0 saturated carbocycles. The number of hydrogen-bond acceptors (Lipinski definition) is 2. The molecule has 0 amide bonds. The van der Waals surface area contributed by atoms with E-state index in [2.05, 4.69) is 24.0 Å². The fraction of sp³-hybridized carbons (Fsp3) is 0.600. The summed E-state index contributed by atoms with van der Waals surface area (Å²) in [4.78, 5) is 2.59. The molecular formula is C15H24Cl2N2. The third-order valence-electron chi connectivity index (χ3n) is 4.06. The molecule has 2 rings (SSSR count). The van der Waals surface area contributed by atoms with Crippen LogP contribution in [0.1, 0.15) is 37.8 Å². The standard InChI is InChI=1S/C15H23ClN2.ClH/c1-2-15(13-3-5-14(16)6-4-13)18-9-7-12(11-17)8-10-18;/h3-6,12,15H,2,7-11,17H2,1H3;1H. The van der Waals surface area contributed by atoms with Gasteiger partial charge in [-0.3, -0.25) is 4.90 Å². The average molecular weight is 303 g/mol. The van der Waals surface area contributed by atoms with Crippen LogP contribution in [0.25, 0.3) is 0 Å². The molecule has 1 aliphatic rings. The molecule has 0 radical (unpaired) electrons. The second-order valence-corrected chi connectivity index (χ2v) is 5.63. The number of nitrogens with two attached hydrogens (primary N) is 1. The molecular weight excluding hydrogens is 279 g/mol. The normalized spacial score (nSPS) is 18.9. The number of benzene rings is 1. The second-order valence-electron chi connectivity index (χ2n) is 5.19. The number of halogens is 2. The van der Waals surface area contributed by atoms with Crippen molar-refractivity contribution in [1.82, 2.24) is 4.90 Å². The summed E-state index contributed by atoms with van der Waals surface area (Å²) >= 11 is 5.96. The molecule has 1 atom stereocenters. The van der Waals surface area contributed by atoms with Gasteiger partial charge in [-0.1, -0.05) is 30.7 Å². The summed E-state index contributed by atoms with van der Waals surface area (Å²) in [5, 5.41) is 0.815. The summed E-state index contributed by atoms with van der Waals surface area (Å²) in [6.07, 6.45) is 3.62. The zero-order chi connectivity index (χ0) is 13.0. The van der Waals surface area contributed by atoms with Crippen molar-refractivity contribution in [2.45, 2.75) is 32.2 Å². The molecule has 1 saturated heterocycles. The average Bonchev–Trinajstić information content (AvgIpc) is 2.42. The minimum atomic E-state index is 0. The van der Waals surface area contributed by atoms with E-state index in [0.717, 1.165) is 23.9 Å². The summed E-state index contributed by atoms with van der Waals surface area (Å²) in [6, 6.07) is 8.83. The van der Waals surface area contributed by atoms with E-state index in [-0.39, 0.29) is 12.4 Å². The van der Waals surface area contributed by atoms with Gasteiger partial charge in [-0.25, -0.2) is 0 Å². The lowest BCUT2D eigenvalue weighted by molar-refractivity contribution is 0.131. The highest BCUT2D eigenvalue weighted by Crippen LogP contribution is 2.29.